The highest BCUT2D eigenvalue weighted by molar-refractivity contribution is 5.39. The van der Waals surface area contributed by atoms with Crippen molar-refractivity contribution in [3.8, 4) is 0 Å². The summed E-state index contributed by atoms with van der Waals surface area (Å²) in [6, 6.07) is 13.2. The number of hydrogen-bond donors (Lipinski definition) is 0. The van der Waals surface area contributed by atoms with Crippen molar-refractivity contribution < 1.29 is 0 Å². The summed E-state index contributed by atoms with van der Waals surface area (Å²) < 4.78 is 0. The van der Waals surface area contributed by atoms with Crippen LogP contribution in [0.4, 0.5) is 5.82 Å². The van der Waals surface area contributed by atoms with Crippen molar-refractivity contribution >= 4 is 5.82 Å². The first-order valence-electron chi connectivity index (χ1n) is 9.23. The first-order valence-corrected chi connectivity index (χ1v) is 9.23. The van der Waals surface area contributed by atoms with Gasteiger partial charge in [0.25, 0.3) is 0 Å². The molecule has 2 fully saturated rings. The number of nitrogens with zero attached hydrogens (tertiary/aromatic N) is 4. The highest BCUT2D eigenvalue weighted by Crippen LogP contribution is 2.23. The largest absolute Gasteiger partial charge is 0.355 e. The van der Waals surface area contributed by atoms with Gasteiger partial charge in [-0.15, -0.1) is 0 Å². The minimum absolute atomic E-state index is 0.703. The van der Waals surface area contributed by atoms with E-state index in [4.69, 9.17) is 4.98 Å². The van der Waals surface area contributed by atoms with E-state index in [0.29, 0.717) is 6.04 Å². The second-order valence-electron chi connectivity index (χ2n) is 6.98. The molecule has 0 saturated carbocycles. The van der Waals surface area contributed by atoms with Gasteiger partial charge < -0.3 is 4.90 Å². The fourth-order valence-electron chi connectivity index (χ4n) is 4.00. The highest BCUT2D eigenvalue weighted by atomic mass is 15.3. The Labute approximate surface area is 144 Å². The van der Waals surface area contributed by atoms with Crippen molar-refractivity contribution in [2.45, 2.75) is 38.1 Å². The highest BCUT2D eigenvalue weighted by Gasteiger charge is 2.27. The predicted molar refractivity (Wildman–Crippen MR) is 97.3 cm³/mol. The number of anilines is 1. The number of hydrogen-bond acceptors (Lipinski definition) is 4. The second kappa shape index (κ2) is 7.31. The van der Waals surface area contributed by atoms with Gasteiger partial charge in [-0.1, -0.05) is 30.3 Å². The standard InChI is InChI=1S/C20H26N4/c1-2-7-17(8-3-1)15-19-21-11-10-20(22-19)24-14-6-9-18(16-24)23-12-4-5-13-23/h1-3,7-8,10-11,18H,4-6,9,12-16H2. The first kappa shape index (κ1) is 15.6. The van der Waals surface area contributed by atoms with Crippen molar-refractivity contribution in [1.29, 1.82) is 0 Å². The molecule has 0 aliphatic carbocycles. The van der Waals surface area contributed by atoms with Crippen LogP contribution in [-0.2, 0) is 6.42 Å². The van der Waals surface area contributed by atoms with Crippen LogP contribution in [0.2, 0.25) is 0 Å². The maximum absolute atomic E-state index is 4.85. The van der Waals surface area contributed by atoms with E-state index in [0.717, 1.165) is 31.2 Å². The van der Waals surface area contributed by atoms with Crippen molar-refractivity contribution in [3.63, 3.8) is 0 Å². The van der Waals surface area contributed by atoms with Gasteiger partial charge in [-0.05, 0) is 50.4 Å². The average Bonchev–Trinajstić information content (AvgIpc) is 3.18. The molecule has 0 bridgehead atoms. The Kier molecular flexibility index (Phi) is 4.74. The molecular formula is C20H26N4. The first-order chi connectivity index (χ1) is 11.9. The van der Waals surface area contributed by atoms with E-state index < -0.39 is 0 Å². The summed E-state index contributed by atoms with van der Waals surface area (Å²) >= 11 is 0. The monoisotopic (exact) mass is 322 g/mol. The van der Waals surface area contributed by atoms with E-state index in [-0.39, 0.29) is 0 Å². The van der Waals surface area contributed by atoms with E-state index in [1.807, 2.05) is 12.3 Å². The van der Waals surface area contributed by atoms with Crippen molar-refractivity contribution in [2.24, 2.45) is 0 Å². The Hall–Kier alpha value is -1.94. The maximum Gasteiger partial charge on any atom is 0.135 e. The molecule has 3 heterocycles. The fraction of sp³-hybridized carbons (Fsp3) is 0.500. The summed E-state index contributed by atoms with van der Waals surface area (Å²) in [7, 11) is 0. The summed E-state index contributed by atoms with van der Waals surface area (Å²) in [5.74, 6) is 2.02. The SMILES string of the molecule is c1ccc(Cc2nccc(N3CCCC(N4CCCC4)C3)n2)cc1. The van der Waals surface area contributed by atoms with Gasteiger partial charge >= 0.3 is 0 Å². The van der Waals surface area contributed by atoms with Crippen LogP contribution in [0.3, 0.4) is 0 Å². The minimum atomic E-state index is 0.703. The maximum atomic E-state index is 4.85. The van der Waals surface area contributed by atoms with Crippen LogP contribution in [0, 0.1) is 0 Å². The molecule has 4 rings (SSSR count). The number of piperidine rings is 1. The Morgan fingerprint density at radius 1 is 0.958 bits per heavy atom. The topological polar surface area (TPSA) is 32.3 Å². The van der Waals surface area contributed by atoms with Gasteiger partial charge in [0.1, 0.15) is 11.6 Å². The Morgan fingerprint density at radius 2 is 1.79 bits per heavy atom. The smallest absolute Gasteiger partial charge is 0.135 e. The molecule has 0 spiro atoms. The molecule has 0 N–H and O–H groups in total. The van der Waals surface area contributed by atoms with Crippen LogP contribution < -0.4 is 4.90 Å². The fourth-order valence-corrected chi connectivity index (χ4v) is 4.00. The molecule has 0 amide bonds. The zero-order chi connectivity index (χ0) is 16.2. The average molecular weight is 322 g/mol. The van der Waals surface area contributed by atoms with Gasteiger partial charge in [0.15, 0.2) is 0 Å². The van der Waals surface area contributed by atoms with Gasteiger partial charge in [0.05, 0.1) is 0 Å². The third-order valence-corrected chi connectivity index (χ3v) is 5.27. The zero-order valence-corrected chi connectivity index (χ0v) is 14.3. The van der Waals surface area contributed by atoms with E-state index >= 15 is 0 Å². The third-order valence-electron chi connectivity index (χ3n) is 5.27. The van der Waals surface area contributed by atoms with E-state index in [1.165, 1.54) is 44.3 Å². The summed E-state index contributed by atoms with van der Waals surface area (Å²) in [4.78, 5) is 14.5. The molecule has 24 heavy (non-hydrogen) atoms. The van der Waals surface area contributed by atoms with Crippen LogP contribution in [0.25, 0.3) is 0 Å². The normalized spacial score (nSPS) is 22.0. The number of rotatable bonds is 4. The molecule has 126 valence electrons. The van der Waals surface area contributed by atoms with Crippen LogP contribution in [0.5, 0.6) is 0 Å². The van der Waals surface area contributed by atoms with Gasteiger partial charge in [-0.3, -0.25) is 4.90 Å². The molecule has 1 atom stereocenters. The molecule has 1 aromatic heterocycles. The van der Waals surface area contributed by atoms with Crippen LogP contribution >= 0.6 is 0 Å². The summed E-state index contributed by atoms with van der Waals surface area (Å²) in [5.41, 5.74) is 1.27. The van der Waals surface area contributed by atoms with Gasteiger partial charge in [-0.25, -0.2) is 9.97 Å². The zero-order valence-electron chi connectivity index (χ0n) is 14.3. The molecule has 2 aliphatic heterocycles. The molecule has 4 heteroatoms. The molecule has 2 saturated heterocycles. The number of aromatic nitrogens is 2. The number of likely N-dealkylation sites (tertiary alicyclic amines) is 1. The quantitative estimate of drug-likeness (QED) is 0.866. The lowest BCUT2D eigenvalue weighted by molar-refractivity contribution is 0.215. The van der Waals surface area contributed by atoms with Crippen molar-refractivity contribution in [2.75, 3.05) is 31.1 Å². The lowest BCUT2D eigenvalue weighted by atomic mass is 10.0. The molecule has 0 radical (unpaired) electrons. The van der Waals surface area contributed by atoms with Gasteiger partial charge in [0.2, 0.25) is 0 Å². The van der Waals surface area contributed by atoms with Gasteiger partial charge in [-0.2, -0.15) is 0 Å². The third kappa shape index (κ3) is 3.59. The lowest BCUT2D eigenvalue weighted by Gasteiger charge is -2.38. The van der Waals surface area contributed by atoms with Gasteiger partial charge in [0, 0.05) is 31.7 Å². The van der Waals surface area contributed by atoms with E-state index in [9.17, 15) is 0 Å². The van der Waals surface area contributed by atoms with Crippen LogP contribution in [0.15, 0.2) is 42.6 Å². The minimum Gasteiger partial charge on any atom is -0.355 e. The number of benzene rings is 1. The second-order valence-corrected chi connectivity index (χ2v) is 6.98. The Bertz CT molecular complexity index is 652. The predicted octanol–water partition coefficient (Wildman–Crippen LogP) is 3.13. The van der Waals surface area contributed by atoms with Crippen LogP contribution in [-0.4, -0.2) is 47.1 Å². The summed E-state index contributed by atoms with van der Waals surface area (Å²) in [5, 5.41) is 0. The lowest BCUT2D eigenvalue weighted by Crippen LogP contribution is -2.47. The van der Waals surface area contributed by atoms with E-state index in [1.54, 1.807) is 0 Å². The molecule has 1 aromatic carbocycles. The molecule has 4 nitrogen and oxygen atoms in total. The summed E-state index contributed by atoms with van der Waals surface area (Å²) in [6.07, 6.45) is 8.05. The van der Waals surface area contributed by atoms with Crippen LogP contribution in [0.1, 0.15) is 37.1 Å². The molecule has 2 aliphatic rings. The molecule has 2 aromatic rings. The molecular weight excluding hydrogens is 296 g/mol. The molecule has 1 unspecified atom stereocenters. The Morgan fingerprint density at radius 3 is 2.62 bits per heavy atom. The van der Waals surface area contributed by atoms with Crippen molar-refractivity contribution in [1.82, 2.24) is 14.9 Å². The van der Waals surface area contributed by atoms with E-state index in [2.05, 4.69) is 45.1 Å². The van der Waals surface area contributed by atoms with Crippen molar-refractivity contribution in [3.05, 3.63) is 54.0 Å². The Balaban J connectivity index is 1.46. The summed E-state index contributed by atoms with van der Waals surface area (Å²) in [6.45, 7) is 4.79.